The lowest BCUT2D eigenvalue weighted by atomic mass is 10.1. The fourth-order valence-electron chi connectivity index (χ4n) is 4.85. The minimum atomic E-state index is -4.35. The normalized spacial score (nSPS) is 13.8. The molecule has 0 spiro atoms. The van der Waals surface area contributed by atoms with Crippen LogP contribution >= 0.6 is 7.82 Å². The molecule has 2 N–H and O–H groups in total. The summed E-state index contributed by atoms with van der Waals surface area (Å²) in [5.74, 6) is -0.853. The zero-order valence-corrected chi connectivity index (χ0v) is 31.6. The number of allylic oxidation sites excluding steroid dienone is 6. The molecule has 0 heterocycles. The van der Waals surface area contributed by atoms with Gasteiger partial charge in [-0.1, -0.05) is 127 Å². The largest absolute Gasteiger partial charge is 0.472 e. The Labute approximate surface area is 293 Å². The summed E-state index contributed by atoms with van der Waals surface area (Å²) < 4.78 is 33.0. The van der Waals surface area contributed by atoms with Gasteiger partial charge in [0.15, 0.2) is 6.10 Å². The van der Waals surface area contributed by atoms with Gasteiger partial charge in [-0.3, -0.25) is 18.6 Å². The van der Waals surface area contributed by atoms with Gasteiger partial charge in [0.2, 0.25) is 0 Å². The van der Waals surface area contributed by atoms with Crippen LogP contribution in [0.15, 0.2) is 36.5 Å². The Hall–Kier alpha value is -1.77. The van der Waals surface area contributed by atoms with Crippen molar-refractivity contribution in [3.05, 3.63) is 36.5 Å². The predicted molar refractivity (Wildman–Crippen MR) is 197 cm³/mol. The molecule has 0 aliphatic heterocycles. The van der Waals surface area contributed by atoms with E-state index in [1.807, 2.05) is 0 Å². The smallest absolute Gasteiger partial charge is 0.462 e. The van der Waals surface area contributed by atoms with Crippen LogP contribution < -0.4 is 5.32 Å². The number of carbonyl (C=O) groups is 2. The molecule has 0 saturated heterocycles. The van der Waals surface area contributed by atoms with Crippen LogP contribution in [0.25, 0.3) is 0 Å². The van der Waals surface area contributed by atoms with Crippen molar-refractivity contribution in [1.29, 1.82) is 0 Å². The van der Waals surface area contributed by atoms with Crippen molar-refractivity contribution in [2.45, 2.75) is 161 Å². The quantitative estimate of drug-likeness (QED) is 0.0288. The summed E-state index contributed by atoms with van der Waals surface area (Å²) in [7, 11) is -2.65. The van der Waals surface area contributed by atoms with Crippen LogP contribution in [0.3, 0.4) is 0 Å². The van der Waals surface area contributed by atoms with Crippen molar-refractivity contribution < 1.29 is 37.6 Å². The van der Waals surface area contributed by atoms with E-state index in [0.29, 0.717) is 19.4 Å². The Morgan fingerprint density at radius 2 is 1.12 bits per heavy atom. The fourth-order valence-corrected chi connectivity index (χ4v) is 5.60. The summed E-state index contributed by atoms with van der Waals surface area (Å²) >= 11 is 0. The molecular weight excluding hydrogens is 629 g/mol. The zero-order valence-electron chi connectivity index (χ0n) is 30.7. The van der Waals surface area contributed by atoms with Crippen LogP contribution in [-0.2, 0) is 32.7 Å². The fraction of sp³-hybridized carbons (Fsp3) is 0.789. The number of nitrogens with one attached hydrogen (secondary N) is 1. The van der Waals surface area contributed by atoms with Crippen LogP contribution in [0.4, 0.5) is 0 Å². The summed E-state index contributed by atoms with van der Waals surface area (Å²) in [5.41, 5.74) is 0. The maximum absolute atomic E-state index is 12.5. The highest BCUT2D eigenvalue weighted by molar-refractivity contribution is 7.47. The van der Waals surface area contributed by atoms with E-state index in [2.05, 4.69) is 55.6 Å². The van der Waals surface area contributed by atoms with E-state index in [9.17, 15) is 19.0 Å². The number of hydrogen-bond acceptors (Lipinski definition) is 8. The van der Waals surface area contributed by atoms with E-state index in [4.69, 9.17) is 18.5 Å². The minimum absolute atomic E-state index is 0.0225. The average Bonchev–Trinajstić information content (AvgIpc) is 3.06. The standard InChI is InChI=1S/C38H70NO8P/c1-4-6-8-10-12-14-16-17-18-19-21-22-24-26-28-30-37(40)44-34-36(35-46-48(42,43)45-33-32-39-3)47-38(41)31-29-27-25-23-20-15-13-11-9-7-5-2/h12,14,17-18,21-22,36,39H,4-11,13,15-16,19-20,23-35H2,1-3H3,(H,42,43)/b14-12-,18-17-,22-21-. The lowest BCUT2D eigenvalue weighted by Gasteiger charge is -2.20. The van der Waals surface area contributed by atoms with Crippen molar-refractivity contribution in [3.63, 3.8) is 0 Å². The summed E-state index contributed by atoms with van der Waals surface area (Å²) in [6.07, 6.45) is 34.8. The Kier molecular flexibility index (Phi) is 33.8. The van der Waals surface area contributed by atoms with Crippen LogP contribution in [-0.4, -0.2) is 56.3 Å². The van der Waals surface area contributed by atoms with E-state index < -0.39 is 32.5 Å². The third-order valence-electron chi connectivity index (χ3n) is 7.76. The van der Waals surface area contributed by atoms with E-state index in [-0.39, 0.29) is 26.1 Å². The summed E-state index contributed by atoms with van der Waals surface area (Å²) in [5, 5.41) is 2.81. The molecule has 0 rings (SSSR count). The highest BCUT2D eigenvalue weighted by atomic mass is 31.2. The number of phosphoric ester groups is 1. The first kappa shape index (κ1) is 46.2. The summed E-state index contributed by atoms with van der Waals surface area (Å²) in [4.78, 5) is 34.8. The molecule has 0 bridgehead atoms. The lowest BCUT2D eigenvalue weighted by Crippen LogP contribution is -2.29. The van der Waals surface area contributed by atoms with Gasteiger partial charge < -0.3 is 19.7 Å². The number of phosphoric acid groups is 1. The van der Waals surface area contributed by atoms with Crippen LogP contribution in [0, 0.1) is 0 Å². The van der Waals surface area contributed by atoms with Gasteiger partial charge >= 0.3 is 19.8 Å². The number of esters is 2. The molecule has 0 aromatic carbocycles. The van der Waals surface area contributed by atoms with E-state index in [0.717, 1.165) is 44.9 Å². The van der Waals surface area contributed by atoms with Crippen LogP contribution in [0.2, 0.25) is 0 Å². The molecule has 9 nitrogen and oxygen atoms in total. The lowest BCUT2D eigenvalue weighted by molar-refractivity contribution is -0.161. The van der Waals surface area contributed by atoms with Crippen molar-refractivity contribution in [2.75, 3.05) is 33.4 Å². The Bertz CT molecular complexity index is 892. The van der Waals surface area contributed by atoms with Gasteiger partial charge in [-0.15, -0.1) is 0 Å². The second-order valence-corrected chi connectivity index (χ2v) is 13.9. The van der Waals surface area contributed by atoms with Crippen molar-refractivity contribution in [1.82, 2.24) is 5.32 Å². The van der Waals surface area contributed by atoms with Crippen LogP contribution in [0.1, 0.15) is 155 Å². The zero-order chi connectivity index (χ0) is 35.4. The van der Waals surface area contributed by atoms with Gasteiger partial charge in [0, 0.05) is 19.4 Å². The molecule has 2 unspecified atom stereocenters. The first-order valence-electron chi connectivity index (χ1n) is 18.9. The van der Waals surface area contributed by atoms with Gasteiger partial charge in [0.1, 0.15) is 6.61 Å². The van der Waals surface area contributed by atoms with Gasteiger partial charge in [-0.05, 0) is 58.4 Å². The Morgan fingerprint density at radius 3 is 1.71 bits per heavy atom. The topological polar surface area (TPSA) is 120 Å². The molecule has 0 amide bonds. The molecular formula is C38H70NO8P. The Morgan fingerprint density at radius 1 is 0.646 bits per heavy atom. The van der Waals surface area contributed by atoms with Crippen molar-refractivity contribution in [3.8, 4) is 0 Å². The molecule has 0 aliphatic carbocycles. The minimum Gasteiger partial charge on any atom is -0.462 e. The van der Waals surface area contributed by atoms with Gasteiger partial charge in [-0.25, -0.2) is 4.57 Å². The number of unbranched alkanes of at least 4 members (excludes halogenated alkanes) is 15. The molecule has 48 heavy (non-hydrogen) atoms. The molecule has 280 valence electrons. The molecule has 2 atom stereocenters. The molecule has 0 fully saturated rings. The molecule has 0 aromatic heterocycles. The number of carbonyl (C=O) groups excluding carboxylic acids is 2. The highest BCUT2D eigenvalue weighted by Crippen LogP contribution is 2.43. The van der Waals surface area contributed by atoms with Gasteiger partial charge in [-0.2, -0.15) is 0 Å². The van der Waals surface area contributed by atoms with E-state index in [1.54, 1.807) is 7.05 Å². The highest BCUT2D eigenvalue weighted by Gasteiger charge is 2.26. The summed E-state index contributed by atoms with van der Waals surface area (Å²) in [6, 6.07) is 0. The molecule has 0 saturated carbocycles. The SMILES string of the molecule is CCCCC/C=C\C/C=C\C/C=C\CCCCC(=O)OCC(COP(=O)(O)OCCNC)OC(=O)CCCCCCCCCCCCC. The summed E-state index contributed by atoms with van der Waals surface area (Å²) in [6.45, 7) is 4.12. The average molecular weight is 700 g/mol. The first-order valence-corrected chi connectivity index (χ1v) is 20.4. The third-order valence-corrected chi connectivity index (χ3v) is 8.75. The number of hydrogen-bond donors (Lipinski definition) is 2. The predicted octanol–water partition coefficient (Wildman–Crippen LogP) is 10.1. The first-order chi connectivity index (χ1) is 23.3. The van der Waals surface area contributed by atoms with E-state index >= 15 is 0 Å². The van der Waals surface area contributed by atoms with Crippen molar-refractivity contribution in [2.24, 2.45) is 0 Å². The molecule has 0 radical (unpaired) electrons. The van der Waals surface area contributed by atoms with E-state index in [1.165, 1.54) is 70.6 Å². The second-order valence-electron chi connectivity index (χ2n) is 12.4. The van der Waals surface area contributed by atoms with Crippen LogP contribution in [0.5, 0.6) is 0 Å². The molecule has 10 heteroatoms. The maximum Gasteiger partial charge on any atom is 0.472 e. The third kappa shape index (κ3) is 34.1. The molecule has 0 aromatic rings. The maximum atomic E-state index is 12.5. The van der Waals surface area contributed by atoms with Gasteiger partial charge in [0.05, 0.1) is 13.2 Å². The number of ether oxygens (including phenoxy) is 2. The van der Waals surface area contributed by atoms with Crippen molar-refractivity contribution >= 4 is 19.8 Å². The Balaban J connectivity index is 4.36. The second kappa shape index (κ2) is 35.1. The van der Waals surface area contributed by atoms with Gasteiger partial charge in [0.25, 0.3) is 0 Å². The molecule has 0 aliphatic rings. The number of likely N-dealkylation sites (N-methyl/N-ethyl adjacent to an activating group) is 1. The number of rotatable bonds is 35. The monoisotopic (exact) mass is 699 g/mol.